The summed E-state index contributed by atoms with van der Waals surface area (Å²) in [6, 6.07) is 8.36. The third kappa shape index (κ3) is 11.5. The van der Waals surface area contributed by atoms with Crippen molar-refractivity contribution in [2.24, 2.45) is 0 Å². The van der Waals surface area contributed by atoms with Gasteiger partial charge in [-0.1, -0.05) is 47.8 Å². The molecule has 0 heterocycles. The molecular formula is C18H21Br3F2O2. The zero-order valence-electron chi connectivity index (χ0n) is 14.0. The third-order valence-corrected chi connectivity index (χ3v) is 4.88. The van der Waals surface area contributed by atoms with Crippen molar-refractivity contribution in [3.05, 3.63) is 59.2 Å². The van der Waals surface area contributed by atoms with Gasteiger partial charge in [0.1, 0.15) is 23.1 Å². The number of halogens is 5. The van der Waals surface area contributed by atoms with E-state index in [1.807, 2.05) is 6.92 Å². The van der Waals surface area contributed by atoms with Gasteiger partial charge in [-0.3, -0.25) is 0 Å². The number of hydrogen-bond donors (Lipinski definition) is 1. The van der Waals surface area contributed by atoms with Gasteiger partial charge in [0.2, 0.25) is 0 Å². The van der Waals surface area contributed by atoms with Crippen LogP contribution in [0.4, 0.5) is 8.78 Å². The molecule has 0 aliphatic carbocycles. The Morgan fingerprint density at radius 2 is 1.36 bits per heavy atom. The Kier molecular flexibility index (Phi) is 14.1. The second-order valence-electron chi connectivity index (χ2n) is 4.76. The first-order valence-electron chi connectivity index (χ1n) is 7.37. The fourth-order valence-electron chi connectivity index (χ4n) is 1.54. The van der Waals surface area contributed by atoms with E-state index < -0.39 is 0 Å². The van der Waals surface area contributed by atoms with Crippen LogP contribution in [-0.4, -0.2) is 27.7 Å². The zero-order valence-corrected chi connectivity index (χ0v) is 18.8. The van der Waals surface area contributed by atoms with Crippen LogP contribution in [0.15, 0.2) is 36.4 Å². The number of rotatable bonds is 4. The number of aromatic hydroxyl groups is 1. The molecule has 2 aromatic rings. The van der Waals surface area contributed by atoms with Crippen molar-refractivity contribution < 1.29 is 18.6 Å². The average Bonchev–Trinajstić information content (AvgIpc) is 2.58. The lowest BCUT2D eigenvalue weighted by atomic mass is 10.2. The van der Waals surface area contributed by atoms with Crippen LogP contribution in [0.1, 0.15) is 11.1 Å². The van der Waals surface area contributed by atoms with Crippen molar-refractivity contribution in [2.45, 2.75) is 13.8 Å². The van der Waals surface area contributed by atoms with Crippen LogP contribution in [0.2, 0.25) is 0 Å². The van der Waals surface area contributed by atoms with Gasteiger partial charge in [0, 0.05) is 16.0 Å². The van der Waals surface area contributed by atoms with Crippen LogP contribution in [0.5, 0.6) is 11.5 Å². The number of alkyl halides is 3. The van der Waals surface area contributed by atoms with Crippen molar-refractivity contribution in [3.8, 4) is 11.5 Å². The second kappa shape index (κ2) is 14.5. The molecule has 7 heteroatoms. The van der Waals surface area contributed by atoms with E-state index in [4.69, 9.17) is 9.84 Å². The summed E-state index contributed by atoms with van der Waals surface area (Å²) in [7, 11) is 0. The maximum absolute atomic E-state index is 12.6. The first-order chi connectivity index (χ1) is 11.8. The largest absolute Gasteiger partial charge is 0.508 e. The van der Waals surface area contributed by atoms with Crippen molar-refractivity contribution in [2.75, 3.05) is 22.6 Å². The highest BCUT2D eigenvalue weighted by molar-refractivity contribution is 9.12. The Bertz CT molecular complexity index is 623. The fourth-order valence-corrected chi connectivity index (χ4v) is 1.70. The van der Waals surface area contributed by atoms with Crippen LogP contribution in [0.3, 0.4) is 0 Å². The standard InChI is InChI=1S/C9H10BrFO.C7H7FO.C2H4Br2/c1-7-6-8(11)2-3-9(7)12-5-4-10;1-5-4-6(8)2-3-7(5)9;3-1-2-4/h2-3,6H,4-5H2,1H3;2-4,9H,1H3;1-2H2. The van der Waals surface area contributed by atoms with Crippen molar-refractivity contribution in [1.29, 1.82) is 0 Å². The molecule has 2 rings (SSSR count). The van der Waals surface area contributed by atoms with Gasteiger partial charge in [-0.05, 0) is 61.4 Å². The van der Waals surface area contributed by atoms with E-state index in [9.17, 15) is 8.78 Å². The Labute approximate surface area is 173 Å². The van der Waals surface area contributed by atoms with Gasteiger partial charge in [-0.2, -0.15) is 0 Å². The number of benzene rings is 2. The molecule has 0 saturated heterocycles. The van der Waals surface area contributed by atoms with Gasteiger partial charge >= 0.3 is 0 Å². The molecule has 0 fully saturated rings. The Hall–Kier alpha value is -0.660. The maximum atomic E-state index is 12.6. The summed E-state index contributed by atoms with van der Waals surface area (Å²) < 4.78 is 30.2. The summed E-state index contributed by atoms with van der Waals surface area (Å²) in [4.78, 5) is 0. The van der Waals surface area contributed by atoms with Crippen LogP contribution in [-0.2, 0) is 0 Å². The second-order valence-corrected chi connectivity index (χ2v) is 7.14. The van der Waals surface area contributed by atoms with Crippen LogP contribution < -0.4 is 4.74 Å². The molecule has 1 N–H and O–H groups in total. The molecular weight excluding hydrogens is 526 g/mol. The minimum Gasteiger partial charge on any atom is -0.508 e. The minimum atomic E-state index is -0.315. The predicted molar refractivity (Wildman–Crippen MR) is 111 cm³/mol. The quantitative estimate of drug-likeness (QED) is 0.442. The summed E-state index contributed by atoms with van der Waals surface area (Å²) in [5.74, 6) is 0.344. The monoisotopic (exact) mass is 544 g/mol. The van der Waals surface area contributed by atoms with Crippen molar-refractivity contribution in [3.63, 3.8) is 0 Å². The maximum Gasteiger partial charge on any atom is 0.123 e. The number of ether oxygens (including phenoxy) is 1. The van der Waals surface area contributed by atoms with Gasteiger partial charge in [-0.15, -0.1) is 0 Å². The normalized spacial score (nSPS) is 9.40. The molecule has 0 aromatic heterocycles. The Morgan fingerprint density at radius 3 is 1.76 bits per heavy atom. The number of aryl methyl sites for hydroxylation is 2. The van der Waals surface area contributed by atoms with E-state index >= 15 is 0 Å². The molecule has 140 valence electrons. The molecule has 2 aromatic carbocycles. The zero-order chi connectivity index (χ0) is 19.2. The number of phenolic OH excluding ortho intramolecular Hbond substituents is 1. The molecule has 0 radical (unpaired) electrons. The molecule has 0 aliphatic rings. The van der Waals surface area contributed by atoms with Gasteiger partial charge in [0.05, 0.1) is 6.61 Å². The fraction of sp³-hybridized carbons (Fsp3) is 0.333. The molecule has 0 unspecified atom stereocenters. The first kappa shape index (κ1) is 24.3. The van der Waals surface area contributed by atoms with E-state index in [0.717, 1.165) is 27.3 Å². The van der Waals surface area contributed by atoms with E-state index in [0.29, 0.717) is 12.2 Å². The van der Waals surface area contributed by atoms with Gasteiger partial charge in [0.25, 0.3) is 0 Å². The van der Waals surface area contributed by atoms with Crippen LogP contribution in [0, 0.1) is 25.5 Å². The topological polar surface area (TPSA) is 29.5 Å². The lowest BCUT2D eigenvalue weighted by molar-refractivity contribution is 0.342. The predicted octanol–water partition coefficient (Wildman–Crippen LogP) is 6.52. The molecule has 2 nitrogen and oxygen atoms in total. The smallest absolute Gasteiger partial charge is 0.123 e. The highest BCUT2D eigenvalue weighted by atomic mass is 79.9. The van der Waals surface area contributed by atoms with E-state index in [1.54, 1.807) is 13.0 Å². The lowest BCUT2D eigenvalue weighted by Crippen LogP contribution is -1.99. The Balaban J connectivity index is 0.000000391. The molecule has 0 aliphatic heterocycles. The average molecular weight is 547 g/mol. The van der Waals surface area contributed by atoms with Crippen LogP contribution in [0.25, 0.3) is 0 Å². The minimum absolute atomic E-state index is 0.136. The summed E-state index contributed by atoms with van der Waals surface area (Å²) in [5.41, 5.74) is 1.39. The molecule has 0 spiro atoms. The first-order valence-corrected chi connectivity index (χ1v) is 10.7. The highest BCUT2D eigenvalue weighted by Gasteiger charge is 1.99. The van der Waals surface area contributed by atoms with E-state index in [-0.39, 0.29) is 17.4 Å². The van der Waals surface area contributed by atoms with E-state index in [1.165, 1.54) is 30.3 Å². The molecule has 0 amide bonds. The summed E-state index contributed by atoms with van der Waals surface area (Å²) >= 11 is 9.65. The van der Waals surface area contributed by atoms with Gasteiger partial charge < -0.3 is 9.84 Å². The van der Waals surface area contributed by atoms with Crippen molar-refractivity contribution in [1.82, 2.24) is 0 Å². The number of hydrogen-bond acceptors (Lipinski definition) is 2. The number of phenols is 1. The highest BCUT2D eigenvalue weighted by Crippen LogP contribution is 2.18. The molecule has 0 atom stereocenters. The summed E-state index contributed by atoms with van der Waals surface area (Å²) in [5, 5.41) is 11.8. The SMILES string of the molecule is BrCCBr.Cc1cc(F)ccc1O.Cc1cc(F)ccc1OCCBr. The van der Waals surface area contributed by atoms with Gasteiger partial charge in [0.15, 0.2) is 0 Å². The molecule has 25 heavy (non-hydrogen) atoms. The van der Waals surface area contributed by atoms with E-state index in [2.05, 4.69) is 47.8 Å². The lowest BCUT2D eigenvalue weighted by Gasteiger charge is -2.06. The molecule has 0 bridgehead atoms. The molecule has 0 saturated carbocycles. The van der Waals surface area contributed by atoms with Gasteiger partial charge in [-0.25, -0.2) is 8.78 Å². The summed E-state index contributed by atoms with van der Waals surface area (Å²) in [6.45, 7) is 4.08. The third-order valence-electron chi connectivity index (χ3n) is 2.70. The van der Waals surface area contributed by atoms with Crippen molar-refractivity contribution >= 4 is 47.8 Å². The summed E-state index contributed by atoms with van der Waals surface area (Å²) in [6.07, 6.45) is 0. The Morgan fingerprint density at radius 1 is 0.840 bits per heavy atom. The van der Waals surface area contributed by atoms with Crippen LogP contribution >= 0.6 is 47.8 Å².